The maximum Gasteiger partial charge on any atom is 0.123 e. The lowest BCUT2D eigenvalue weighted by molar-refractivity contribution is 0.228. The van der Waals surface area contributed by atoms with Crippen LogP contribution in [0.3, 0.4) is 0 Å². The first kappa shape index (κ1) is 30.4. The van der Waals surface area contributed by atoms with E-state index < -0.39 is 0 Å². The summed E-state index contributed by atoms with van der Waals surface area (Å²) in [5.74, 6) is 1.97. The first-order valence-electron chi connectivity index (χ1n) is 10.0. The Hall–Kier alpha value is -0.760. The van der Waals surface area contributed by atoms with Crippen molar-refractivity contribution in [2.45, 2.75) is 64.5 Å². The number of unbranched alkanes of at least 4 members (excludes halogenated alkanes) is 1. The number of hydrogen-bond donors (Lipinski definition) is 4. The van der Waals surface area contributed by atoms with Crippen LogP contribution in [0.2, 0.25) is 0 Å². The molecule has 0 saturated carbocycles. The third-order valence-corrected chi connectivity index (χ3v) is 4.91. The van der Waals surface area contributed by atoms with Crippen molar-refractivity contribution < 1.29 is 19.7 Å². The zero-order chi connectivity index (χ0) is 20.2. The molecule has 3 unspecified atom stereocenters. The van der Waals surface area contributed by atoms with E-state index >= 15 is 0 Å². The van der Waals surface area contributed by atoms with Crippen LogP contribution in [0, 0.1) is 5.92 Å². The van der Waals surface area contributed by atoms with Gasteiger partial charge < -0.3 is 31.2 Å². The monoisotopic (exact) mass is 454 g/mol. The van der Waals surface area contributed by atoms with Crippen molar-refractivity contribution in [1.82, 2.24) is 0 Å². The van der Waals surface area contributed by atoms with Crippen molar-refractivity contribution in [1.29, 1.82) is 0 Å². The minimum absolute atomic E-state index is 0. The van der Waals surface area contributed by atoms with Crippen LogP contribution in [0.1, 0.15) is 50.7 Å². The van der Waals surface area contributed by atoms with E-state index in [-0.39, 0.29) is 50.1 Å². The highest BCUT2D eigenvalue weighted by atomic mass is 35.5. The first-order chi connectivity index (χ1) is 13.0. The maximum absolute atomic E-state index is 9.33. The van der Waals surface area contributed by atoms with Gasteiger partial charge >= 0.3 is 0 Å². The number of hydrogen-bond acceptors (Lipinski definition) is 6. The lowest BCUT2D eigenvalue weighted by atomic mass is 9.98. The van der Waals surface area contributed by atoms with Gasteiger partial charge in [-0.05, 0) is 48.4 Å². The second-order valence-electron chi connectivity index (χ2n) is 7.29. The van der Waals surface area contributed by atoms with E-state index in [4.69, 9.17) is 20.9 Å². The van der Waals surface area contributed by atoms with Crippen molar-refractivity contribution in [3.8, 4) is 11.5 Å². The molecule has 0 aliphatic heterocycles. The van der Waals surface area contributed by atoms with Gasteiger partial charge in [0.05, 0.1) is 26.9 Å². The van der Waals surface area contributed by atoms with Crippen LogP contribution < -0.4 is 20.9 Å². The predicted octanol–water partition coefficient (Wildman–Crippen LogP) is 2.86. The summed E-state index contributed by atoms with van der Waals surface area (Å²) >= 11 is 0. The Balaban J connectivity index is 0. The normalized spacial score (nSPS) is 13.6. The smallest absolute Gasteiger partial charge is 0.123 e. The summed E-state index contributed by atoms with van der Waals surface area (Å²) in [7, 11) is 1.61. The van der Waals surface area contributed by atoms with Gasteiger partial charge in [0.25, 0.3) is 0 Å². The van der Waals surface area contributed by atoms with E-state index in [1.165, 1.54) is 12.8 Å². The molecule has 0 spiro atoms. The molecule has 0 fully saturated rings. The number of nitrogens with two attached hydrogens (primary N) is 2. The Bertz CT molecular complexity index is 550. The topological polar surface area (TPSA) is 111 Å². The summed E-state index contributed by atoms with van der Waals surface area (Å²) in [6, 6.07) is 3.15. The third-order valence-electron chi connectivity index (χ3n) is 4.91. The molecule has 1 aromatic carbocycles. The lowest BCUT2D eigenvalue weighted by Crippen LogP contribution is -2.28. The second kappa shape index (κ2) is 17.0. The van der Waals surface area contributed by atoms with Gasteiger partial charge in [0.15, 0.2) is 0 Å². The molecule has 0 heterocycles. The molecule has 0 saturated heterocycles. The largest absolute Gasteiger partial charge is 0.496 e. The molecule has 0 aliphatic rings. The summed E-state index contributed by atoms with van der Waals surface area (Å²) < 4.78 is 11.7. The Morgan fingerprint density at radius 1 is 0.931 bits per heavy atom. The fraction of sp³-hybridized carbons (Fsp3) is 0.714. The summed E-state index contributed by atoms with van der Waals surface area (Å²) in [5, 5.41) is 18.6. The molecule has 0 radical (unpaired) electrons. The highest BCUT2D eigenvalue weighted by Crippen LogP contribution is 2.31. The number of halogens is 2. The highest BCUT2D eigenvalue weighted by Gasteiger charge is 2.17. The molecular formula is C21H40Cl2N2O4. The number of aliphatic hydroxyl groups is 2. The zero-order valence-corrected chi connectivity index (χ0v) is 19.6. The number of methoxy groups -OCH3 is 1. The lowest BCUT2D eigenvalue weighted by Gasteiger charge is -2.21. The molecule has 6 nitrogen and oxygen atoms in total. The average molecular weight is 455 g/mol. The van der Waals surface area contributed by atoms with Crippen molar-refractivity contribution in [2.75, 3.05) is 26.9 Å². The number of benzene rings is 1. The van der Waals surface area contributed by atoms with Gasteiger partial charge in [0, 0.05) is 12.1 Å². The van der Waals surface area contributed by atoms with Crippen molar-refractivity contribution >= 4 is 24.8 Å². The van der Waals surface area contributed by atoms with Gasteiger partial charge in [0.2, 0.25) is 0 Å². The molecule has 1 aromatic rings. The Morgan fingerprint density at radius 2 is 1.45 bits per heavy atom. The Labute approximate surface area is 188 Å². The summed E-state index contributed by atoms with van der Waals surface area (Å²) in [4.78, 5) is 0. The molecule has 3 atom stereocenters. The molecule has 1 rings (SSSR count). The molecule has 0 amide bonds. The standard InChI is InChI=1S/C21H38N2O4.2ClH/c1-4-6-7-15(5-2)14-27-21-11-16(8-18(22)12-24)20(26-3)10-17(21)9-19(23)13-25;;/h10-11,15,18-19,24-25H,4-9,12-14,22-23H2,1-3H3;2*1H. The fourth-order valence-corrected chi connectivity index (χ4v) is 3.09. The summed E-state index contributed by atoms with van der Waals surface area (Å²) in [5.41, 5.74) is 13.7. The summed E-state index contributed by atoms with van der Waals surface area (Å²) in [6.07, 6.45) is 5.60. The van der Waals surface area contributed by atoms with Crippen LogP contribution in [-0.2, 0) is 12.8 Å². The quantitative estimate of drug-likeness (QED) is 0.343. The molecule has 0 aromatic heterocycles. The van der Waals surface area contributed by atoms with Gasteiger partial charge in [-0.2, -0.15) is 0 Å². The number of rotatable bonds is 14. The fourth-order valence-electron chi connectivity index (χ4n) is 3.09. The van der Waals surface area contributed by atoms with Crippen LogP contribution in [0.15, 0.2) is 12.1 Å². The van der Waals surface area contributed by atoms with E-state index in [2.05, 4.69) is 13.8 Å². The van der Waals surface area contributed by atoms with Gasteiger partial charge in [0.1, 0.15) is 11.5 Å². The van der Waals surface area contributed by atoms with Crippen LogP contribution in [0.5, 0.6) is 11.5 Å². The molecular weight excluding hydrogens is 415 g/mol. The van der Waals surface area contributed by atoms with Gasteiger partial charge in [-0.1, -0.05) is 33.1 Å². The van der Waals surface area contributed by atoms with E-state index in [0.29, 0.717) is 31.1 Å². The van der Waals surface area contributed by atoms with Crippen molar-refractivity contribution in [3.63, 3.8) is 0 Å². The summed E-state index contributed by atoms with van der Waals surface area (Å²) in [6.45, 7) is 4.85. The van der Waals surface area contributed by atoms with Crippen molar-refractivity contribution in [3.05, 3.63) is 23.3 Å². The van der Waals surface area contributed by atoms with Crippen LogP contribution in [0.4, 0.5) is 0 Å². The van der Waals surface area contributed by atoms with Crippen molar-refractivity contribution in [2.24, 2.45) is 17.4 Å². The van der Waals surface area contributed by atoms with Gasteiger partial charge in [-0.15, -0.1) is 24.8 Å². The maximum atomic E-state index is 9.33. The van der Waals surface area contributed by atoms with Crippen LogP contribution >= 0.6 is 24.8 Å². The zero-order valence-electron chi connectivity index (χ0n) is 17.9. The number of ether oxygens (including phenoxy) is 2. The van der Waals surface area contributed by atoms with Gasteiger partial charge in [-0.3, -0.25) is 0 Å². The Kier molecular flexibility index (Phi) is 17.8. The molecule has 0 aliphatic carbocycles. The minimum Gasteiger partial charge on any atom is -0.496 e. The second-order valence-corrected chi connectivity index (χ2v) is 7.29. The molecule has 29 heavy (non-hydrogen) atoms. The van der Waals surface area contributed by atoms with Crippen LogP contribution in [-0.4, -0.2) is 49.2 Å². The molecule has 8 heteroatoms. The molecule has 6 N–H and O–H groups in total. The SMILES string of the molecule is CCCCC(CC)COc1cc(CC(N)CO)c(OC)cc1CC(N)CO.Cl.Cl. The van der Waals surface area contributed by atoms with E-state index in [9.17, 15) is 10.2 Å². The average Bonchev–Trinajstić information content (AvgIpc) is 2.69. The van der Waals surface area contributed by atoms with E-state index in [1.807, 2.05) is 12.1 Å². The first-order valence-corrected chi connectivity index (χ1v) is 10.0. The minimum atomic E-state index is -0.357. The molecule has 0 bridgehead atoms. The van der Waals surface area contributed by atoms with Crippen LogP contribution in [0.25, 0.3) is 0 Å². The van der Waals surface area contributed by atoms with E-state index in [0.717, 1.165) is 29.7 Å². The molecule has 172 valence electrons. The van der Waals surface area contributed by atoms with E-state index in [1.54, 1.807) is 7.11 Å². The van der Waals surface area contributed by atoms with Gasteiger partial charge in [-0.25, -0.2) is 0 Å². The number of aliphatic hydroxyl groups excluding tert-OH is 2. The predicted molar refractivity (Wildman–Crippen MR) is 124 cm³/mol. The Morgan fingerprint density at radius 3 is 1.90 bits per heavy atom. The highest BCUT2D eigenvalue weighted by molar-refractivity contribution is 5.85. The third kappa shape index (κ3) is 10.7.